The van der Waals surface area contributed by atoms with Gasteiger partial charge in [-0.1, -0.05) is 6.92 Å². The van der Waals surface area contributed by atoms with Gasteiger partial charge in [-0.2, -0.15) is 0 Å². The zero-order valence-electron chi connectivity index (χ0n) is 10.8. The zero-order valence-corrected chi connectivity index (χ0v) is 10.8. The third-order valence-electron chi connectivity index (χ3n) is 2.60. The van der Waals surface area contributed by atoms with Crippen LogP contribution < -0.4 is 5.32 Å². The summed E-state index contributed by atoms with van der Waals surface area (Å²) in [6, 6.07) is 1.22. The van der Waals surface area contributed by atoms with Gasteiger partial charge in [0.05, 0.1) is 21.5 Å². The fourth-order valence-electron chi connectivity index (χ4n) is 1.52. The van der Waals surface area contributed by atoms with Crippen molar-refractivity contribution in [1.29, 1.82) is 0 Å². The number of amides is 1. The van der Waals surface area contributed by atoms with E-state index >= 15 is 0 Å². The minimum atomic E-state index is -1.27. The molecule has 10 nitrogen and oxygen atoms in total. The van der Waals surface area contributed by atoms with E-state index in [4.69, 9.17) is 5.11 Å². The number of rotatable bonds is 6. The van der Waals surface area contributed by atoms with E-state index in [0.29, 0.717) is 6.07 Å². The number of carbonyl (C=O) groups excluding carboxylic acids is 1. The SMILES string of the molecule is CC[C@H](NC(=O)c1cc([N+](=O)[O-])cc([N+](=O)[O-])c1)C(=O)O. The summed E-state index contributed by atoms with van der Waals surface area (Å²) >= 11 is 0. The fourth-order valence-corrected chi connectivity index (χ4v) is 1.52. The van der Waals surface area contributed by atoms with Gasteiger partial charge in [0, 0.05) is 12.1 Å². The highest BCUT2D eigenvalue weighted by Gasteiger charge is 2.23. The van der Waals surface area contributed by atoms with Gasteiger partial charge in [0.1, 0.15) is 6.04 Å². The number of benzene rings is 1. The Labute approximate surface area is 117 Å². The number of aliphatic carboxylic acids is 1. The second kappa shape index (κ2) is 6.41. The highest BCUT2D eigenvalue weighted by molar-refractivity contribution is 5.97. The first-order chi connectivity index (χ1) is 9.76. The van der Waals surface area contributed by atoms with Crippen molar-refractivity contribution in [2.45, 2.75) is 19.4 Å². The molecule has 0 aromatic heterocycles. The molecule has 0 fully saturated rings. The molecule has 1 aromatic carbocycles. The lowest BCUT2D eigenvalue weighted by atomic mass is 10.1. The lowest BCUT2D eigenvalue weighted by Crippen LogP contribution is -2.40. The van der Waals surface area contributed by atoms with Gasteiger partial charge in [-0.15, -0.1) is 0 Å². The van der Waals surface area contributed by atoms with E-state index < -0.39 is 39.1 Å². The van der Waals surface area contributed by atoms with Gasteiger partial charge in [-0.3, -0.25) is 25.0 Å². The summed E-state index contributed by atoms with van der Waals surface area (Å²) in [5, 5.41) is 32.3. The van der Waals surface area contributed by atoms with Crippen LogP contribution in [0.5, 0.6) is 0 Å². The molecule has 0 aliphatic rings. The van der Waals surface area contributed by atoms with Crippen LogP contribution in [0.2, 0.25) is 0 Å². The molecule has 0 saturated heterocycles. The Hall–Kier alpha value is -3.04. The van der Waals surface area contributed by atoms with Gasteiger partial charge in [0.2, 0.25) is 0 Å². The third-order valence-corrected chi connectivity index (χ3v) is 2.60. The molecule has 0 bridgehead atoms. The lowest BCUT2D eigenvalue weighted by Gasteiger charge is -2.11. The maximum atomic E-state index is 11.8. The van der Waals surface area contributed by atoms with Crippen LogP contribution in [0.4, 0.5) is 11.4 Å². The Morgan fingerprint density at radius 3 is 2.00 bits per heavy atom. The largest absolute Gasteiger partial charge is 0.480 e. The van der Waals surface area contributed by atoms with Crippen LogP contribution in [0.15, 0.2) is 18.2 Å². The molecule has 0 heterocycles. The second-order valence-corrected chi connectivity index (χ2v) is 4.02. The summed E-state index contributed by atoms with van der Waals surface area (Å²) in [5.41, 5.74) is -1.61. The number of non-ortho nitro benzene ring substituents is 2. The first-order valence-electron chi connectivity index (χ1n) is 5.73. The van der Waals surface area contributed by atoms with Crippen molar-refractivity contribution in [2.24, 2.45) is 0 Å². The molecule has 0 aliphatic carbocycles. The van der Waals surface area contributed by atoms with Crippen molar-refractivity contribution in [2.75, 3.05) is 0 Å². The van der Waals surface area contributed by atoms with Crippen LogP contribution in [0.3, 0.4) is 0 Å². The number of nitro groups is 2. The number of hydrogen-bond acceptors (Lipinski definition) is 6. The number of nitro benzene ring substituents is 2. The molecule has 10 heteroatoms. The first kappa shape index (κ1) is 16.0. The van der Waals surface area contributed by atoms with Crippen molar-refractivity contribution in [3.63, 3.8) is 0 Å². The van der Waals surface area contributed by atoms with Crippen molar-refractivity contribution < 1.29 is 24.5 Å². The smallest absolute Gasteiger partial charge is 0.326 e. The van der Waals surface area contributed by atoms with E-state index in [2.05, 4.69) is 5.32 Å². The molecule has 2 N–H and O–H groups in total. The lowest BCUT2D eigenvalue weighted by molar-refractivity contribution is -0.394. The van der Waals surface area contributed by atoms with E-state index in [1.165, 1.54) is 6.92 Å². The number of carboxylic acids is 1. The van der Waals surface area contributed by atoms with Crippen molar-refractivity contribution in [3.05, 3.63) is 44.0 Å². The van der Waals surface area contributed by atoms with Crippen molar-refractivity contribution >= 4 is 23.3 Å². The predicted molar refractivity (Wildman–Crippen MR) is 68.9 cm³/mol. The minimum Gasteiger partial charge on any atom is -0.480 e. The number of hydrogen-bond donors (Lipinski definition) is 2. The molecule has 0 saturated carbocycles. The molecule has 21 heavy (non-hydrogen) atoms. The average Bonchev–Trinajstić information content (AvgIpc) is 2.43. The van der Waals surface area contributed by atoms with Crippen LogP contribution in [-0.4, -0.2) is 32.9 Å². The van der Waals surface area contributed by atoms with E-state index in [1.54, 1.807) is 0 Å². The van der Waals surface area contributed by atoms with Crippen LogP contribution in [-0.2, 0) is 4.79 Å². The van der Waals surface area contributed by atoms with Crippen molar-refractivity contribution in [1.82, 2.24) is 5.32 Å². The molecular formula is C11H11N3O7. The number of carboxylic acid groups (broad SMARTS) is 1. The Bertz CT molecular complexity index is 582. The Balaban J connectivity index is 3.16. The first-order valence-corrected chi connectivity index (χ1v) is 5.73. The number of nitrogens with zero attached hydrogens (tertiary/aromatic N) is 2. The quantitative estimate of drug-likeness (QED) is 0.588. The Kier molecular flexibility index (Phi) is 4.89. The van der Waals surface area contributed by atoms with E-state index in [-0.39, 0.29) is 12.0 Å². The Morgan fingerprint density at radius 2 is 1.67 bits per heavy atom. The summed E-state index contributed by atoms with van der Waals surface area (Å²) in [5.74, 6) is -2.21. The standard InChI is InChI=1S/C11H11N3O7/c1-2-9(11(16)17)12-10(15)6-3-7(13(18)19)5-8(4-6)14(20)21/h3-5,9H,2H2,1H3,(H,12,15)(H,16,17)/t9-/m0/s1. The maximum Gasteiger partial charge on any atom is 0.326 e. The van der Waals surface area contributed by atoms with Gasteiger partial charge in [0.15, 0.2) is 0 Å². The van der Waals surface area contributed by atoms with Crippen LogP contribution in [0.25, 0.3) is 0 Å². The fraction of sp³-hybridized carbons (Fsp3) is 0.273. The summed E-state index contributed by atoms with van der Waals surface area (Å²) in [6.45, 7) is 1.52. The monoisotopic (exact) mass is 297 g/mol. The van der Waals surface area contributed by atoms with Gasteiger partial charge >= 0.3 is 5.97 Å². The number of carbonyl (C=O) groups is 2. The van der Waals surface area contributed by atoms with Crippen LogP contribution in [0.1, 0.15) is 23.7 Å². The van der Waals surface area contributed by atoms with Gasteiger partial charge in [-0.05, 0) is 6.42 Å². The van der Waals surface area contributed by atoms with E-state index in [0.717, 1.165) is 12.1 Å². The van der Waals surface area contributed by atoms with Crippen LogP contribution in [0, 0.1) is 20.2 Å². The maximum absolute atomic E-state index is 11.8. The normalized spacial score (nSPS) is 11.5. The Morgan fingerprint density at radius 1 is 1.19 bits per heavy atom. The summed E-state index contributed by atoms with van der Waals surface area (Å²) in [7, 11) is 0. The second-order valence-electron chi connectivity index (χ2n) is 4.02. The third kappa shape index (κ3) is 3.96. The molecule has 0 spiro atoms. The molecule has 112 valence electrons. The predicted octanol–water partition coefficient (Wildman–Crippen LogP) is 1.10. The molecular weight excluding hydrogens is 286 g/mol. The van der Waals surface area contributed by atoms with E-state index in [1.807, 2.05) is 0 Å². The van der Waals surface area contributed by atoms with E-state index in [9.17, 15) is 29.8 Å². The molecule has 1 amide bonds. The topological polar surface area (TPSA) is 153 Å². The van der Waals surface area contributed by atoms with Gasteiger partial charge < -0.3 is 10.4 Å². The number of nitrogens with one attached hydrogen (secondary N) is 1. The molecule has 0 unspecified atom stereocenters. The summed E-state index contributed by atoms with van der Waals surface area (Å²) < 4.78 is 0. The minimum absolute atomic E-state index is 0.0953. The zero-order chi connectivity index (χ0) is 16.2. The molecule has 0 aliphatic heterocycles. The highest BCUT2D eigenvalue weighted by atomic mass is 16.6. The molecule has 1 aromatic rings. The van der Waals surface area contributed by atoms with Gasteiger partial charge in [-0.25, -0.2) is 4.79 Å². The molecule has 1 atom stereocenters. The van der Waals surface area contributed by atoms with Crippen molar-refractivity contribution in [3.8, 4) is 0 Å². The molecule has 1 rings (SSSR count). The average molecular weight is 297 g/mol. The summed E-state index contributed by atoms with van der Waals surface area (Å²) in [6.07, 6.45) is 0.0953. The highest BCUT2D eigenvalue weighted by Crippen LogP contribution is 2.22. The van der Waals surface area contributed by atoms with Crippen LogP contribution >= 0.6 is 0 Å². The summed E-state index contributed by atoms with van der Waals surface area (Å²) in [4.78, 5) is 42.3. The van der Waals surface area contributed by atoms with Gasteiger partial charge in [0.25, 0.3) is 17.3 Å². The molecule has 0 radical (unpaired) electrons.